The Morgan fingerprint density at radius 2 is 1.92 bits per heavy atom. The number of aliphatic hydroxyl groups is 1. The summed E-state index contributed by atoms with van der Waals surface area (Å²) in [5.74, 6) is 0.283. The van der Waals surface area contributed by atoms with Gasteiger partial charge in [-0.05, 0) is 30.5 Å². The molecule has 4 nitrogen and oxygen atoms in total. The summed E-state index contributed by atoms with van der Waals surface area (Å²) in [6.45, 7) is 4.11. The number of ether oxygens (including phenoxy) is 1. The third kappa shape index (κ3) is 5.13. The van der Waals surface area contributed by atoms with E-state index in [4.69, 9.17) is 4.74 Å². The van der Waals surface area contributed by atoms with Crippen molar-refractivity contribution in [3.63, 3.8) is 0 Å². The van der Waals surface area contributed by atoms with E-state index in [1.54, 1.807) is 0 Å². The van der Waals surface area contributed by atoms with Crippen molar-refractivity contribution in [2.45, 2.75) is 25.6 Å². The highest BCUT2D eigenvalue weighted by Crippen LogP contribution is 2.20. The third-order valence-corrected chi connectivity index (χ3v) is 4.55. The molecule has 1 saturated heterocycles. The Morgan fingerprint density at radius 1 is 1.08 bits per heavy atom. The predicted octanol–water partition coefficient (Wildman–Crippen LogP) is 2.52. The molecule has 1 aliphatic rings. The fourth-order valence-electron chi connectivity index (χ4n) is 3.27. The number of pyridine rings is 1. The van der Waals surface area contributed by atoms with E-state index in [0.717, 1.165) is 44.8 Å². The van der Waals surface area contributed by atoms with Crippen LogP contribution in [0.3, 0.4) is 0 Å². The smallest absolute Gasteiger partial charge is 0.0716 e. The molecule has 2 atom stereocenters. The Kier molecular flexibility index (Phi) is 6.35. The number of nitrogens with zero attached hydrogens (tertiary/aromatic N) is 2. The Morgan fingerprint density at radius 3 is 2.71 bits per heavy atom. The molecule has 0 aliphatic carbocycles. The van der Waals surface area contributed by atoms with Crippen LogP contribution in [0.2, 0.25) is 0 Å². The molecule has 24 heavy (non-hydrogen) atoms. The molecule has 2 aromatic rings. The average Bonchev–Trinajstić information content (AvgIpc) is 2.96. The molecule has 0 unspecified atom stereocenters. The number of aliphatic hydroxyl groups excluding tert-OH is 1. The van der Waals surface area contributed by atoms with Gasteiger partial charge in [-0.2, -0.15) is 0 Å². The van der Waals surface area contributed by atoms with Crippen LogP contribution in [-0.4, -0.2) is 47.3 Å². The minimum Gasteiger partial charge on any atom is -0.391 e. The van der Waals surface area contributed by atoms with Gasteiger partial charge in [-0.25, -0.2) is 0 Å². The normalized spacial score (nSPS) is 21.2. The average molecular weight is 326 g/mol. The summed E-state index contributed by atoms with van der Waals surface area (Å²) in [4.78, 5) is 6.70. The summed E-state index contributed by atoms with van der Waals surface area (Å²) < 4.78 is 5.73. The maximum atomic E-state index is 10.3. The Balaban J connectivity index is 1.33. The lowest BCUT2D eigenvalue weighted by Crippen LogP contribution is -2.24. The highest BCUT2D eigenvalue weighted by Gasteiger charge is 2.31. The first-order chi connectivity index (χ1) is 11.8. The van der Waals surface area contributed by atoms with Gasteiger partial charge in [-0.15, -0.1) is 0 Å². The molecule has 3 rings (SSSR count). The number of aromatic nitrogens is 1. The molecule has 4 heteroatoms. The lowest BCUT2D eigenvalue weighted by molar-refractivity contribution is 0.108. The number of benzene rings is 1. The van der Waals surface area contributed by atoms with Crippen LogP contribution < -0.4 is 0 Å². The van der Waals surface area contributed by atoms with Crippen LogP contribution in [0, 0.1) is 5.92 Å². The minimum absolute atomic E-state index is 0.253. The van der Waals surface area contributed by atoms with Crippen LogP contribution in [0.4, 0.5) is 0 Å². The lowest BCUT2D eigenvalue weighted by Gasteiger charge is -2.15. The van der Waals surface area contributed by atoms with Crippen molar-refractivity contribution in [3.8, 4) is 0 Å². The first-order valence-corrected chi connectivity index (χ1v) is 8.73. The van der Waals surface area contributed by atoms with Gasteiger partial charge in [-0.3, -0.25) is 4.98 Å². The molecule has 1 aromatic carbocycles. The second-order valence-corrected chi connectivity index (χ2v) is 6.50. The van der Waals surface area contributed by atoms with Crippen molar-refractivity contribution < 1.29 is 9.84 Å². The summed E-state index contributed by atoms with van der Waals surface area (Å²) in [5.41, 5.74) is 2.28. The molecule has 0 radical (unpaired) electrons. The van der Waals surface area contributed by atoms with E-state index < -0.39 is 0 Å². The number of likely N-dealkylation sites (tertiary alicyclic amines) is 1. The van der Waals surface area contributed by atoms with Crippen molar-refractivity contribution in [1.82, 2.24) is 9.88 Å². The van der Waals surface area contributed by atoms with E-state index in [1.807, 2.05) is 42.6 Å². The molecular weight excluding hydrogens is 300 g/mol. The summed E-state index contributed by atoms with van der Waals surface area (Å²) >= 11 is 0. The van der Waals surface area contributed by atoms with Crippen molar-refractivity contribution in [2.75, 3.05) is 26.2 Å². The Bertz CT molecular complexity index is 591. The molecule has 2 heterocycles. The van der Waals surface area contributed by atoms with Gasteiger partial charge in [0.2, 0.25) is 0 Å². The number of rotatable bonds is 8. The van der Waals surface area contributed by atoms with Gasteiger partial charge in [0.15, 0.2) is 0 Å². The fourth-order valence-corrected chi connectivity index (χ4v) is 3.27. The first kappa shape index (κ1) is 17.1. The summed E-state index contributed by atoms with van der Waals surface area (Å²) in [7, 11) is 0. The maximum absolute atomic E-state index is 10.3. The minimum atomic E-state index is -0.253. The largest absolute Gasteiger partial charge is 0.391 e. The lowest BCUT2D eigenvalue weighted by atomic mass is 10.00. The highest BCUT2D eigenvalue weighted by molar-refractivity contribution is 5.13. The second-order valence-electron chi connectivity index (χ2n) is 6.50. The van der Waals surface area contributed by atoms with Crippen LogP contribution >= 0.6 is 0 Å². The molecule has 1 fully saturated rings. The zero-order chi connectivity index (χ0) is 16.6. The molecule has 1 aliphatic heterocycles. The van der Waals surface area contributed by atoms with Gasteiger partial charge in [0.25, 0.3) is 0 Å². The summed E-state index contributed by atoms with van der Waals surface area (Å²) in [6, 6.07) is 16.2. The SMILES string of the molecule is O[C@@H]1CN(CCCOCc2ccccc2)C[C@H]1Cc1ccccn1. The predicted molar refractivity (Wildman–Crippen MR) is 94.6 cm³/mol. The van der Waals surface area contributed by atoms with Crippen LogP contribution in [0.25, 0.3) is 0 Å². The highest BCUT2D eigenvalue weighted by atomic mass is 16.5. The molecule has 0 spiro atoms. The quantitative estimate of drug-likeness (QED) is 0.757. The standard InChI is InChI=1S/C20H26N2O2/c23-20-15-22(14-18(20)13-19-9-4-5-10-21-19)11-6-12-24-16-17-7-2-1-3-8-17/h1-5,7-10,18,20,23H,6,11-16H2/t18-,20-/m1/s1. The Hall–Kier alpha value is -1.75. The molecule has 0 amide bonds. The molecule has 0 bridgehead atoms. The summed E-state index contributed by atoms with van der Waals surface area (Å²) in [5, 5.41) is 10.3. The van der Waals surface area contributed by atoms with Crippen molar-refractivity contribution in [3.05, 3.63) is 66.0 Å². The molecule has 1 N–H and O–H groups in total. The summed E-state index contributed by atoms with van der Waals surface area (Å²) in [6.07, 6.45) is 3.41. The number of hydrogen-bond donors (Lipinski definition) is 1. The van der Waals surface area contributed by atoms with E-state index in [2.05, 4.69) is 22.0 Å². The Labute approximate surface area is 144 Å². The van der Waals surface area contributed by atoms with Gasteiger partial charge < -0.3 is 14.7 Å². The van der Waals surface area contributed by atoms with Gasteiger partial charge >= 0.3 is 0 Å². The van der Waals surface area contributed by atoms with Gasteiger partial charge in [0.1, 0.15) is 0 Å². The molecule has 128 valence electrons. The van der Waals surface area contributed by atoms with Crippen LogP contribution in [0.5, 0.6) is 0 Å². The third-order valence-electron chi connectivity index (χ3n) is 4.55. The molecular formula is C20H26N2O2. The number of hydrogen-bond acceptors (Lipinski definition) is 4. The zero-order valence-corrected chi connectivity index (χ0v) is 14.1. The van der Waals surface area contributed by atoms with Gasteiger partial charge in [-0.1, -0.05) is 36.4 Å². The molecule has 0 saturated carbocycles. The van der Waals surface area contributed by atoms with E-state index in [9.17, 15) is 5.11 Å². The van der Waals surface area contributed by atoms with E-state index in [-0.39, 0.29) is 12.0 Å². The monoisotopic (exact) mass is 326 g/mol. The van der Waals surface area contributed by atoms with Crippen LogP contribution in [0.15, 0.2) is 54.7 Å². The van der Waals surface area contributed by atoms with Gasteiger partial charge in [0, 0.05) is 44.0 Å². The van der Waals surface area contributed by atoms with Crippen molar-refractivity contribution in [1.29, 1.82) is 0 Å². The van der Waals surface area contributed by atoms with Crippen LogP contribution in [0.1, 0.15) is 17.7 Å². The van der Waals surface area contributed by atoms with E-state index in [1.165, 1.54) is 5.56 Å². The van der Waals surface area contributed by atoms with Crippen LogP contribution in [-0.2, 0) is 17.8 Å². The topological polar surface area (TPSA) is 45.6 Å². The van der Waals surface area contributed by atoms with Crippen molar-refractivity contribution in [2.24, 2.45) is 5.92 Å². The first-order valence-electron chi connectivity index (χ1n) is 8.73. The van der Waals surface area contributed by atoms with E-state index in [0.29, 0.717) is 6.61 Å². The van der Waals surface area contributed by atoms with Crippen molar-refractivity contribution >= 4 is 0 Å². The van der Waals surface area contributed by atoms with Gasteiger partial charge in [0.05, 0.1) is 12.7 Å². The molecule has 1 aromatic heterocycles. The maximum Gasteiger partial charge on any atom is 0.0716 e. The fraction of sp³-hybridized carbons (Fsp3) is 0.450. The van der Waals surface area contributed by atoms with E-state index >= 15 is 0 Å². The zero-order valence-electron chi connectivity index (χ0n) is 14.1. The second kappa shape index (κ2) is 8.92. The number of β-amino-alcohol motifs (C(OH)–C–C–N with tert-alkyl or cyclic N) is 1.